The predicted octanol–water partition coefficient (Wildman–Crippen LogP) is 2.02. The Hall–Kier alpha value is -0.550. The second-order valence-corrected chi connectivity index (χ2v) is 3.34. The second-order valence-electron chi connectivity index (χ2n) is 3.34. The first-order valence-corrected chi connectivity index (χ1v) is 4.14. The van der Waals surface area contributed by atoms with Crippen LogP contribution in [0.4, 0.5) is 0 Å². The van der Waals surface area contributed by atoms with Gasteiger partial charge in [0.15, 0.2) is 0 Å². The zero-order chi connectivity index (χ0) is 8.85. The summed E-state index contributed by atoms with van der Waals surface area (Å²) >= 11 is 0. The Labute approximate surface area is 70.0 Å². The molecule has 0 spiro atoms. The lowest BCUT2D eigenvalue weighted by atomic mass is 10.2. The van der Waals surface area contributed by atoms with Crippen LogP contribution in [-0.2, 0) is 0 Å². The lowest BCUT2D eigenvalue weighted by molar-refractivity contribution is 0.268. The van der Waals surface area contributed by atoms with Crippen LogP contribution in [0.1, 0.15) is 27.2 Å². The number of rotatable bonds is 4. The molecule has 2 nitrogen and oxygen atoms in total. The van der Waals surface area contributed by atoms with Gasteiger partial charge in [0.25, 0.3) is 0 Å². The fraction of sp³-hybridized carbons (Fsp3) is 0.889. The molecule has 0 fully saturated rings. The highest BCUT2D eigenvalue weighted by atomic mass is 15.1. The zero-order valence-corrected chi connectivity index (χ0v) is 7.96. The average molecular weight is 154 g/mol. The monoisotopic (exact) mass is 154 g/mol. The Kier molecular flexibility index (Phi) is 4.89. The van der Waals surface area contributed by atoms with Crippen molar-refractivity contribution in [1.29, 1.82) is 0 Å². The van der Waals surface area contributed by atoms with E-state index >= 15 is 0 Å². The molecule has 2 heteroatoms. The van der Waals surface area contributed by atoms with Gasteiger partial charge in [-0.2, -0.15) is 0 Å². The molecule has 1 unspecified atom stereocenters. The van der Waals surface area contributed by atoms with Crippen molar-refractivity contribution in [3.63, 3.8) is 0 Å². The summed E-state index contributed by atoms with van der Waals surface area (Å²) in [5.74, 6) is 0. The van der Waals surface area contributed by atoms with Gasteiger partial charge in [-0.05, 0) is 20.9 Å². The lowest BCUT2D eigenvalue weighted by Crippen LogP contribution is -2.28. The molecule has 0 saturated heterocycles. The summed E-state index contributed by atoms with van der Waals surface area (Å²) in [5.41, 5.74) is 0. The number of hydrogen-bond acceptors (Lipinski definition) is 1. The van der Waals surface area contributed by atoms with Gasteiger partial charge in [-0.1, -0.05) is 0 Å². The molecule has 0 radical (unpaired) electrons. The van der Waals surface area contributed by atoms with Gasteiger partial charge in [0.1, 0.15) is 0 Å². The molecule has 0 saturated carbocycles. The summed E-state index contributed by atoms with van der Waals surface area (Å²) in [5, 5.41) is 0. The molecule has 11 heavy (non-hydrogen) atoms. The second kappa shape index (κ2) is 5.15. The minimum absolute atomic E-state index is 0.177. The van der Waals surface area contributed by atoms with Gasteiger partial charge in [-0.15, -0.1) is 0 Å². The summed E-state index contributed by atoms with van der Waals surface area (Å²) in [6, 6.07) is 0.768. The summed E-state index contributed by atoms with van der Waals surface area (Å²) in [7, 11) is 2.10. The smallest absolute Gasteiger partial charge is 0.222 e. The van der Waals surface area contributed by atoms with E-state index in [2.05, 4.69) is 30.6 Å². The van der Waals surface area contributed by atoms with Gasteiger partial charge in [0.2, 0.25) is 6.04 Å². The van der Waals surface area contributed by atoms with Crippen molar-refractivity contribution in [2.45, 2.75) is 39.3 Å². The predicted molar refractivity (Wildman–Crippen MR) is 48.4 cm³/mol. The molecule has 1 atom stereocenters. The van der Waals surface area contributed by atoms with Crippen LogP contribution in [-0.4, -0.2) is 30.6 Å². The zero-order valence-electron chi connectivity index (χ0n) is 7.96. The molecule has 0 aromatic carbocycles. The average Bonchev–Trinajstić information content (AvgIpc) is 1.99. The normalized spacial score (nSPS) is 13.5. The SMILES string of the molecule is [C-]#[N+]C(C)CCN(C)C(C)C. The molecule has 0 aliphatic heterocycles. The Morgan fingerprint density at radius 2 is 1.91 bits per heavy atom. The summed E-state index contributed by atoms with van der Waals surface area (Å²) < 4.78 is 0. The highest BCUT2D eigenvalue weighted by molar-refractivity contribution is 4.74. The van der Waals surface area contributed by atoms with Crippen LogP contribution in [0.2, 0.25) is 0 Å². The van der Waals surface area contributed by atoms with Crippen LogP contribution >= 0.6 is 0 Å². The molecule has 0 aliphatic carbocycles. The van der Waals surface area contributed by atoms with Crippen LogP contribution in [0.25, 0.3) is 4.85 Å². The molecule has 0 N–H and O–H groups in total. The van der Waals surface area contributed by atoms with Crippen molar-refractivity contribution in [3.8, 4) is 0 Å². The third kappa shape index (κ3) is 4.80. The molecule has 0 aromatic rings. The van der Waals surface area contributed by atoms with Crippen molar-refractivity contribution in [3.05, 3.63) is 11.4 Å². The molecule has 0 rings (SSSR count). The fourth-order valence-electron chi connectivity index (χ4n) is 0.713. The third-order valence-electron chi connectivity index (χ3n) is 2.00. The topological polar surface area (TPSA) is 7.60 Å². The highest BCUT2D eigenvalue weighted by Crippen LogP contribution is 2.00. The van der Waals surface area contributed by atoms with E-state index in [0.717, 1.165) is 13.0 Å². The van der Waals surface area contributed by atoms with Crippen LogP contribution in [0.15, 0.2) is 0 Å². The Balaban J connectivity index is 3.47. The van der Waals surface area contributed by atoms with Gasteiger partial charge >= 0.3 is 0 Å². The van der Waals surface area contributed by atoms with Crippen molar-refractivity contribution in [1.82, 2.24) is 4.90 Å². The molecular formula is C9H18N2. The van der Waals surface area contributed by atoms with E-state index < -0.39 is 0 Å². The minimum Gasteiger partial charge on any atom is -0.314 e. The van der Waals surface area contributed by atoms with Crippen LogP contribution < -0.4 is 0 Å². The standard InChI is InChI=1S/C9H18N2/c1-8(2)11(5)7-6-9(3)10-4/h8-9H,6-7H2,1-3,5H3. The molecule has 0 heterocycles. The molecule has 0 amide bonds. The largest absolute Gasteiger partial charge is 0.314 e. The summed E-state index contributed by atoms with van der Waals surface area (Å²) in [6.45, 7) is 14.1. The van der Waals surface area contributed by atoms with Gasteiger partial charge < -0.3 is 9.74 Å². The molecule has 64 valence electrons. The number of hydrogen-bond donors (Lipinski definition) is 0. The first-order valence-electron chi connectivity index (χ1n) is 4.14. The van der Waals surface area contributed by atoms with Crippen molar-refractivity contribution < 1.29 is 0 Å². The Bertz CT molecular complexity index is 135. The summed E-state index contributed by atoms with van der Waals surface area (Å²) in [4.78, 5) is 5.71. The van der Waals surface area contributed by atoms with Crippen molar-refractivity contribution in [2.24, 2.45) is 0 Å². The first-order chi connectivity index (χ1) is 5.07. The van der Waals surface area contributed by atoms with E-state index in [1.165, 1.54) is 0 Å². The maximum Gasteiger partial charge on any atom is 0.222 e. The molecular weight excluding hydrogens is 136 g/mol. The van der Waals surface area contributed by atoms with Gasteiger partial charge in [-0.3, -0.25) is 0 Å². The van der Waals surface area contributed by atoms with Crippen molar-refractivity contribution in [2.75, 3.05) is 13.6 Å². The van der Waals surface area contributed by atoms with Crippen molar-refractivity contribution >= 4 is 0 Å². The lowest BCUT2D eigenvalue weighted by Gasteiger charge is -2.20. The van der Waals surface area contributed by atoms with Crippen LogP contribution in [0, 0.1) is 6.57 Å². The van der Waals surface area contributed by atoms with E-state index in [0.29, 0.717) is 6.04 Å². The van der Waals surface area contributed by atoms with E-state index in [9.17, 15) is 0 Å². The molecule has 0 aliphatic rings. The van der Waals surface area contributed by atoms with E-state index in [4.69, 9.17) is 6.57 Å². The summed E-state index contributed by atoms with van der Waals surface area (Å²) in [6.07, 6.45) is 0.984. The van der Waals surface area contributed by atoms with E-state index in [1.54, 1.807) is 0 Å². The Morgan fingerprint density at radius 3 is 2.27 bits per heavy atom. The van der Waals surface area contributed by atoms with Gasteiger partial charge in [0, 0.05) is 25.9 Å². The molecule has 0 bridgehead atoms. The molecule has 0 aromatic heterocycles. The van der Waals surface area contributed by atoms with Gasteiger partial charge in [-0.25, -0.2) is 6.57 Å². The first kappa shape index (κ1) is 10.4. The third-order valence-corrected chi connectivity index (χ3v) is 2.00. The number of nitrogens with zero attached hydrogens (tertiary/aromatic N) is 2. The fourth-order valence-corrected chi connectivity index (χ4v) is 0.713. The van der Waals surface area contributed by atoms with Crippen LogP contribution in [0.5, 0.6) is 0 Å². The maximum absolute atomic E-state index is 6.77. The van der Waals surface area contributed by atoms with E-state index in [1.807, 2.05) is 6.92 Å². The quantitative estimate of drug-likeness (QED) is 0.562. The minimum atomic E-state index is 0.177. The van der Waals surface area contributed by atoms with Crippen LogP contribution in [0.3, 0.4) is 0 Å². The Morgan fingerprint density at radius 1 is 1.36 bits per heavy atom. The maximum atomic E-state index is 6.77. The van der Waals surface area contributed by atoms with Gasteiger partial charge in [0.05, 0.1) is 0 Å². The highest BCUT2D eigenvalue weighted by Gasteiger charge is 2.07. The van der Waals surface area contributed by atoms with E-state index in [-0.39, 0.29) is 6.04 Å².